The van der Waals surface area contributed by atoms with E-state index in [-0.39, 0.29) is 4.90 Å². The molecule has 0 amide bonds. The lowest BCUT2D eigenvalue weighted by Gasteiger charge is -2.25. The molecule has 2 heterocycles. The van der Waals surface area contributed by atoms with Crippen LogP contribution in [0.25, 0.3) is 0 Å². The van der Waals surface area contributed by atoms with E-state index in [1.807, 2.05) is 19.9 Å². The van der Waals surface area contributed by atoms with E-state index in [9.17, 15) is 13.0 Å². The van der Waals surface area contributed by atoms with E-state index in [2.05, 4.69) is 15.5 Å². The monoisotopic (exact) mass is 461 g/mol. The van der Waals surface area contributed by atoms with Gasteiger partial charge < -0.3 is 9.84 Å². The maximum absolute atomic E-state index is 11.4. The van der Waals surface area contributed by atoms with Crippen LogP contribution in [0.2, 0.25) is 0 Å². The second-order valence-corrected chi connectivity index (χ2v) is 9.17. The van der Waals surface area contributed by atoms with Crippen LogP contribution >= 0.6 is 11.3 Å². The third-order valence-electron chi connectivity index (χ3n) is 4.50. The fourth-order valence-corrected chi connectivity index (χ4v) is 4.18. The summed E-state index contributed by atoms with van der Waals surface area (Å²) >= 11 is 1.47. The molecule has 0 aliphatic carbocycles. The molecule has 0 bridgehead atoms. The average molecular weight is 462 g/mol. The summed E-state index contributed by atoms with van der Waals surface area (Å²) in [4.78, 5) is 5.41. The summed E-state index contributed by atoms with van der Waals surface area (Å²) in [5.74, 6) is 0.973. The zero-order valence-electron chi connectivity index (χ0n) is 16.6. The van der Waals surface area contributed by atoms with E-state index in [4.69, 9.17) is 9.84 Å². The lowest BCUT2D eigenvalue weighted by atomic mass is 10.2. The summed E-state index contributed by atoms with van der Waals surface area (Å²) in [6.07, 6.45) is 0. The van der Waals surface area contributed by atoms with Crippen LogP contribution < -0.4 is 20.4 Å². The average Bonchev–Trinajstić information content (AvgIpc) is 3.32. The Kier molecular flexibility index (Phi) is 5.54. The molecule has 10 nitrogen and oxygen atoms in total. The Hall–Kier alpha value is -3.19. The molecule has 31 heavy (non-hydrogen) atoms. The fourth-order valence-electron chi connectivity index (χ4n) is 2.84. The van der Waals surface area contributed by atoms with Crippen molar-refractivity contribution in [3.63, 3.8) is 0 Å². The van der Waals surface area contributed by atoms with Crippen molar-refractivity contribution in [2.45, 2.75) is 18.7 Å². The van der Waals surface area contributed by atoms with E-state index in [0.29, 0.717) is 28.0 Å². The summed E-state index contributed by atoms with van der Waals surface area (Å²) in [7, 11) is -4.30. The van der Waals surface area contributed by atoms with Gasteiger partial charge in [-0.25, -0.2) is 4.98 Å². The summed E-state index contributed by atoms with van der Waals surface area (Å²) < 4.78 is 37.1. The van der Waals surface area contributed by atoms with Crippen LogP contribution in [-0.2, 0) is 10.1 Å². The topological polar surface area (TPSA) is 128 Å². The zero-order chi connectivity index (χ0) is 22.2. The van der Waals surface area contributed by atoms with Crippen LogP contribution in [0.5, 0.6) is 5.75 Å². The standard InChI is InChI=1S/C19H19N5O5S2/c1-12-13(2)30-19(20-12)24-22-18(14-4-3-5-16(10-14)29-11-25)21-23(24)15-6-8-17(9-7-15)31(26,27)28/h3-10,25H,11H2,1-2H3,(H,21,22)(H,26,27,28). The zero-order valence-corrected chi connectivity index (χ0v) is 18.2. The Bertz CT molecular complexity index is 1220. The smallest absolute Gasteiger partial charge is 0.294 e. The second kappa shape index (κ2) is 8.15. The Balaban J connectivity index is 1.74. The summed E-state index contributed by atoms with van der Waals surface area (Å²) in [6.45, 7) is 3.43. The Labute approximate surface area is 182 Å². The van der Waals surface area contributed by atoms with Gasteiger partial charge in [-0.05, 0) is 50.2 Å². The quantitative estimate of drug-likeness (QED) is 0.375. The number of ether oxygens (including phenoxy) is 1. The summed E-state index contributed by atoms with van der Waals surface area (Å²) in [6, 6.07) is 12.7. The number of thiazole rings is 1. The van der Waals surface area contributed by atoms with Crippen LogP contribution in [0.3, 0.4) is 0 Å². The Morgan fingerprint density at radius 3 is 2.52 bits per heavy atom. The van der Waals surface area contributed by atoms with Crippen molar-refractivity contribution in [2.75, 3.05) is 17.0 Å². The van der Waals surface area contributed by atoms with Crippen molar-refractivity contribution in [2.24, 2.45) is 5.10 Å². The van der Waals surface area contributed by atoms with Gasteiger partial charge in [-0.1, -0.05) is 23.5 Å². The molecular formula is C19H19N5O5S2. The van der Waals surface area contributed by atoms with Crippen LogP contribution in [0.1, 0.15) is 16.1 Å². The number of amidine groups is 1. The number of hydrazone groups is 1. The molecule has 162 valence electrons. The minimum absolute atomic E-state index is 0.214. The number of hydrogen-bond donors (Lipinski definition) is 3. The SMILES string of the molecule is Cc1nc(N2NC(c3cccc(OCO)c3)=NN2c2ccc(S(=O)(=O)O)cc2)sc1C. The number of nitrogens with zero attached hydrogens (tertiary/aromatic N) is 4. The molecule has 0 saturated carbocycles. The molecule has 0 spiro atoms. The Morgan fingerprint density at radius 2 is 1.90 bits per heavy atom. The molecular weight excluding hydrogens is 442 g/mol. The summed E-state index contributed by atoms with van der Waals surface area (Å²) in [5.41, 5.74) is 5.33. The molecule has 0 saturated heterocycles. The number of aryl methyl sites for hydroxylation is 2. The number of hydrogen-bond acceptors (Lipinski definition) is 10. The number of anilines is 2. The lowest BCUT2D eigenvalue weighted by molar-refractivity contribution is 0.0985. The first kappa shape index (κ1) is 21.1. The van der Waals surface area contributed by atoms with Crippen LogP contribution in [0.4, 0.5) is 10.8 Å². The number of benzene rings is 2. The molecule has 1 aliphatic rings. The number of aliphatic hydroxyl groups is 1. The molecule has 0 unspecified atom stereocenters. The number of aromatic nitrogens is 1. The van der Waals surface area contributed by atoms with Gasteiger partial charge in [0, 0.05) is 10.4 Å². The van der Waals surface area contributed by atoms with Crippen molar-refractivity contribution >= 4 is 38.1 Å². The highest BCUT2D eigenvalue weighted by Crippen LogP contribution is 2.31. The van der Waals surface area contributed by atoms with Crippen molar-refractivity contribution < 1.29 is 22.8 Å². The molecule has 12 heteroatoms. The Morgan fingerprint density at radius 1 is 1.16 bits per heavy atom. The maximum Gasteiger partial charge on any atom is 0.294 e. The molecule has 0 radical (unpaired) electrons. The van der Waals surface area contributed by atoms with Gasteiger partial charge in [-0.15, -0.1) is 15.3 Å². The highest BCUT2D eigenvalue weighted by Gasteiger charge is 2.29. The summed E-state index contributed by atoms with van der Waals surface area (Å²) in [5, 5.41) is 17.5. The number of nitrogens with one attached hydrogen (secondary N) is 1. The number of hydrazine groups is 2. The number of rotatable bonds is 6. The van der Waals surface area contributed by atoms with Gasteiger partial charge in [-0.2, -0.15) is 8.42 Å². The molecule has 0 fully saturated rings. The minimum Gasteiger partial charge on any atom is -0.468 e. The van der Waals surface area contributed by atoms with Crippen molar-refractivity contribution in [1.29, 1.82) is 0 Å². The molecule has 3 aromatic rings. The molecule has 2 aromatic carbocycles. The van der Waals surface area contributed by atoms with Gasteiger partial charge in [0.2, 0.25) is 5.13 Å². The first-order chi connectivity index (χ1) is 14.8. The fraction of sp³-hybridized carbons (Fsp3) is 0.158. The highest BCUT2D eigenvalue weighted by atomic mass is 32.2. The van der Waals surface area contributed by atoms with E-state index >= 15 is 0 Å². The molecule has 1 aromatic heterocycles. The van der Waals surface area contributed by atoms with Gasteiger partial charge in [0.05, 0.1) is 16.3 Å². The van der Waals surface area contributed by atoms with Gasteiger partial charge in [0.25, 0.3) is 10.1 Å². The second-order valence-electron chi connectivity index (χ2n) is 6.57. The van der Waals surface area contributed by atoms with Crippen LogP contribution in [-0.4, -0.2) is 35.7 Å². The predicted molar refractivity (Wildman–Crippen MR) is 117 cm³/mol. The van der Waals surface area contributed by atoms with E-state index in [1.165, 1.54) is 35.6 Å². The third kappa shape index (κ3) is 4.32. The number of aliphatic hydroxyl groups excluding tert-OH is 1. The predicted octanol–water partition coefficient (Wildman–Crippen LogP) is 2.44. The maximum atomic E-state index is 11.4. The minimum atomic E-state index is -4.30. The first-order valence-corrected chi connectivity index (χ1v) is 11.3. The lowest BCUT2D eigenvalue weighted by Crippen LogP contribution is -2.44. The molecule has 0 atom stereocenters. The van der Waals surface area contributed by atoms with E-state index in [0.717, 1.165) is 10.6 Å². The van der Waals surface area contributed by atoms with E-state index in [1.54, 1.807) is 28.4 Å². The van der Waals surface area contributed by atoms with Crippen molar-refractivity contribution in [3.05, 3.63) is 64.7 Å². The third-order valence-corrected chi connectivity index (χ3v) is 6.41. The molecule has 4 rings (SSSR count). The van der Waals surface area contributed by atoms with Crippen molar-refractivity contribution in [1.82, 2.24) is 10.4 Å². The highest BCUT2D eigenvalue weighted by molar-refractivity contribution is 7.85. The van der Waals surface area contributed by atoms with Crippen LogP contribution in [0.15, 0.2) is 58.5 Å². The molecule has 3 N–H and O–H groups in total. The molecule has 1 aliphatic heterocycles. The van der Waals surface area contributed by atoms with Gasteiger partial charge in [0.1, 0.15) is 5.75 Å². The first-order valence-electron chi connectivity index (χ1n) is 9.07. The normalized spacial score (nSPS) is 13.9. The largest absolute Gasteiger partial charge is 0.468 e. The van der Waals surface area contributed by atoms with Gasteiger partial charge in [0.15, 0.2) is 12.6 Å². The van der Waals surface area contributed by atoms with Crippen LogP contribution in [0, 0.1) is 13.8 Å². The van der Waals surface area contributed by atoms with Gasteiger partial charge >= 0.3 is 0 Å². The van der Waals surface area contributed by atoms with E-state index < -0.39 is 16.9 Å². The van der Waals surface area contributed by atoms with Crippen molar-refractivity contribution in [3.8, 4) is 5.75 Å². The van der Waals surface area contributed by atoms with Gasteiger partial charge in [-0.3, -0.25) is 9.98 Å².